The fourth-order valence-corrected chi connectivity index (χ4v) is 8.90. The summed E-state index contributed by atoms with van der Waals surface area (Å²) >= 11 is 0. The van der Waals surface area contributed by atoms with Crippen molar-refractivity contribution in [3.8, 4) is 52.1 Å². The van der Waals surface area contributed by atoms with Crippen molar-refractivity contribution in [1.29, 1.82) is 5.26 Å². The summed E-state index contributed by atoms with van der Waals surface area (Å²) in [4.78, 5) is 58.5. The van der Waals surface area contributed by atoms with Gasteiger partial charge >= 0.3 is 42.7 Å². The normalized spacial score (nSPS) is 11.9. The average molecular weight is 1460 g/mol. The number of halogens is 11. The Morgan fingerprint density at radius 3 is 1.09 bits per heavy atom. The Bertz CT molecular complexity index is 4510. The molecule has 0 atom stereocenters. The van der Waals surface area contributed by atoms with E-state index in [0.29, 0.717) is 28.4 Å². The molecule has 0 bridgehead atoms. The summed E-state index contributed by atoms with van der Waals surface area (Å²) in [5.41, 5.74) is 0.580. The number of urea groups is 5. The fraction of sp³-hybridized carbons (Fsp3) is 0.130. The van der Waals surface area contributed by atoms with E-state index in [-0.39, 0.29) is 52.6 Å². The number of phenolic OH excluding ortho intramolecular Hbond substituents is 5. The number of hydrogen-bond acceptors (Lipinski definition) is 14. The molecular formula is C69H58F11N11O13. The number of alkyl halides is 6. The summed E-state index contributed by atoms with van der Waals surface area (Å²) in [5.74, 6) is -6.72. The number of carbonyl (C=O) groups is 5. The topological polar surface area (TPSA) is 358 Å². The zero-order chi connectivity index (χ0) is 75.7. The highest BCUT2D eigenvalue weighted by Gasteiger charge is 2.32. The van der Waals surface area contributed by atoms with E-state index in [2.05, 4.69) is 57.9 Å². The number of nitrogens with zero attached hydrogens (tertiary/aromatic N) is 1. The van der Waals surface area contributed by atoms with E-state index in [4.69, 9.17) is 14.7 Å². The van der Waals surface area contributed by atoms with Gasteiger partial charge in [0.2, 0.25) is 6.79 Å². The quantitative estimate of drug-likeness (QED) is 0.0423. The smallest absolute Gasteiger partial charge is 0.503 e. The number of rotatable bonds is 11. The van der Waals surface area contributed by atoms with Crippen molar-refractivity contribution in [2.45, 2.75) is 50.7 Å². The number of nitriles is 1. The van der Waals surface area contributed by atoms with Crippen molar-refractivity contribution >= 4 is 81.3 Å². The van der Waals surface area contributed by atoms with Gasteiger partial charge in [-0.05, 0) is 158 Å². The zero-order valence-corrected chi connectivity index (χ0v) is 53.2. The van der Waals surface area contributed by atoms with Crippen LogP contribution in [0.25, 0.3) is 0 Å². The first-order valence-electron chi connectivity index (χ1n) is 30.1. The van der Waals surface area contributed by atoms with Gasteiger partial charge in [0.1, 0.15) is 5.75 Å². The van der Waals surface area contributed by atoms with Gasteiger partial charge in [-0.3, -0.25) is 0 Å². The number of benzene rings is 9. The van der Waals surface area contributed by atoms with Gasteiger partial charge in [0, 0.05) is 34.9 Å². The maximum Gasteiger partial charge on any atom is 0.573 e. The molecule has 0 unspecified atom stereocenters. The van der Waals surface area contributed by atoms with Gasteiger partial charge in [0.25, 0.3) is 0 Å². The highest BCUT2D eigenvalue weighted by atomic mass is 19.4. The summed E-state index contributed by atoms with van der Waals surface area (Å²) < 4.78 is 153. The Kier molecular flexibility index (Phi) is 27.3. The monoisotopic (exact) mass is 1460 g/mol. The number of para-hydroxylation sites is 5. The number of hydrogen-bond donors (Lipinski definition) is 15. The van der Waals surface area contributed by atoms with Crippen LogP contribution in [0.5, 0.6) is 46.0 Å². The molecule has 1 aliphatic heterocycles. The van der Waals surface area contributed by atoms with Gasteiger partial charge in [-0.15, -0.1) is 13.2 Å². The van der Waals surface area contributed by atoms with E-state index in [9.17, 15) is 97.8 Å². The van der Waals surface area contributed by atoms with Crippen LogP contribution in [0.3, 0.4) is 0 Å². The van der Waals surface area contributed by atoms with Crippen molar-refractivity contribution in [2.24, 2.45) is 0 Å². The molecule has 0 spiro atoms. The third kappa shape index (κ3) is 24.4. The zero-order valence-electron chi connectivity index (χ0n) is 53.2. The number of fused-ring (bicyclic) bond motifs is 1. The molecule has 1 heterocycles. The van der Waals surface area contributed by atoms with Crippen molar-refractivity contribution in [3.05, 3.63) is 222 Å². The number of carbonyl (C=O) groups excluding carboxylic acids is 5. The van der Waals surface area contributed by atoms with Crippen molar-refractivity contribution in [3.63, 3.8) is 0 Å². The van der Waals surface area contributed by atoms with Gasteiger partial charge in [0.15, 0.2) is 69.3 Å². The minimum Gasteiger partial charge on any atom is -0.503 e. The molecule has 15 N–H and O–H groups in total. The summed E-state index contributed by atoms with van der Waals surface area (Å²) in [6.45, 7) is 0.141. The Hall–Kier alpha value is -13.6. The number of nitrogens with one attached hydrogen (secondary N) is 10. The van der Waals surface area contributed by atoms with Crippen LogP contribution >= 0.6 is 0 Å². The van der Waals surface area contributed by atoms with Crippen LogP contribution in [-0.2, 0) is 6.18 Å². The minimum absolute atomic E-state index is 0.0201. The van der Waals surface area contributed by atoms with Gasteiger partial charge in [-0.25, -0.2) is 45.9 Å². The van der Waals surface area contributed by atoms with Crippen LogP contribution in [0.1, 0.15) is 43.2 Å². The highest BCUT2D eigenvalue weighted by molar-refractivity contribution is 6.03. The van der Waals surface area contributed by atoms with Gasteiger partial charge < -0.3 is 92.9 Å². The van der Waals surface area contributed by atoms with Crippen LogP contribution in [0.2, 0.25) is 0 Å². The summed E-state index contributed by atoms with van der Waals surface area (Å²) in [6.07, 6.45) is -3.86. The molecule has 1 fully saturated rings. The number of anilines is 9. The Morgan fingerprint density at radius 1 is 0.404 bits per heavy atom. The standard InChI is InChI=1S/C14H10F4N2O3.C14H10F4N2O2.C14H10FN3O2.C14H11FN2O4.C13H17FN2O2/c15-10-2-1-3-11(12(10)21)20-13(22)19-8-4-6-9(7-5-8)23-14(16,17)18;15-10-2-1-3-11(12(10)21)20-13(22)19-9-6-4-8(5-7-9)14(16,17)18;15-11-2-1-3-12(13(11)19)18-14(20)17-10-6-4-9(8-16)5-7-10;15-9-2-1-3-10(13(9)18)17-14(19)16-8-4-5-11-12(6-8)21-7-20-11;14-10-7-4-8-11(12(10)17)16-13(18)15-9-5-2-1-3-6-9/h1-7,21H,(H2,19,20,22);1-7,21H,(H2,19,20,22);1-7,19H,(H2,17,18,20);1-6,18H,7H2,(H2,16,17,19);4,7-9,17H,1-3,5-6H2,(H2,15,16,18). The lowest BCUT2D eigenvalue weighted by atomic mass is 9.96. The molecule has 2 aliphatic rings. The van der Waals surface area contributed by atoms with Gasteiger partial charge in [-0.2, -0.15) is 18.4 Å². The van der Waals surface area contributed by atoms with E-state index in [1.807, 2.05) is 6.07 Å². The lowest BCUT2D eigenvalue weighted by Crippen LogP contribution is -2.39. The summed E-state index contributed by atoms with van der Waals surface area (Å²) in [6, 6.07) is 37.0. The molecule has 1 aliphatic carbocycles. The molecular weight excluding hydrogens is 1400 g/mol. The molecule has 0 aromatic heterocycles. The maximum atomic E-state index is 13.2. The van der Waals surface area contributed by atoms with E-state index < -0.39 is 112 Å². The lowest BCUT2D eigenvalue weighted by Gasteiger charge is -2.22. The molecule has 9 aromatic rings. The van der Waals surface area contributed by atoms with E-state index >= 15 is 0 Å². The Labute approximate surface area is 581 Å². The number of phenols is 5. The molecule has 11 rings (SSSR count). The third-order valence-corrected chi connectivity index (χ3v) is 13.8. The highest BCUT2D eigenvalue weighted by Crippen LogP contribution is 2.36. The van der Waals surface area contributed by atoms with Crippen molar-refractivity contribution in [1.82, 2.24) is 5.32 Å². The Balaban J connectivity index is 0.000000182. The molecule has 0 saturated heterocycles. The van der Waals surface area contributed by atoms with Crippen LogP contribution in [0, 0.1) is 40.4 Å². The number of amides is 10. The molecule has 0 radical (unpaired) electrons. The SMILES string of the molecule is N#Cc1ccc(NC(=O)Nc2cccc(F)c2O)cc1.O=C(Nc1ccc(C(F)(F)F)cc1)Nc1cccc(F)c1O.O=C(Nc1ccc(OC(F)(F)F)cc1)Nc1cccc(F)c1O.O=C(Nc1ccc2c(c1)OCO2)Nc1cccc(F)c1O.O=C(Nc1cccc(F)c1O)NC1CCCCC1. The number of ether oxygens (including phenoxy) is 3. The van der Waals surface area contributed by atoms with E-state index in [0.717, 1.165) is 92.4 Å². The molecule has 1 saturated carbocycles. The summed E-state index contributed by atoms with van der Waals surface area (Å²) in [7, 11) is 0. The predicted molar refractivity (Wildman–Crippen MR) is 358 cm³/mol. The second-order valence-corrected chi connectivity index (χ2v) is 21.3. The van der Waals surface area contributed by atoms with E-state index in [1.165, 1.54) is 79.2 Å². The average Bonchev–Trinajstić information content (AvgIpc) is 1.30. The van der Waals surface area contributed by atoms with Crippen LogP contribution < -0.4 is 67.4 Å². The molecule has 10 amide bonds. The maximum absolute atomic E-state index is 13.2. The first-order chi connectivity index (χ1) is 49.4. The fourth-order valence-electron chi connectivity index (χ4n) is 8.90. The second-order valence-electron chi connectivity index (χ2n) is 21.3. The Morgan fingerprint density at radius 2 is 0.731 bits per heavy atom. The first kappa shape index (κ1) is 77.8. The van der Waals surface area contributed by atoms with E-state index in [1.54, 1.807) is 42.5 Å². The summed E-state index contributed by atoms with van der Waals surface area (Å²) in [5, 5.41) is 79.8. The van der Waals surface area contributed by atoms with Crippen molar-refractivity contribution in [2.75, 3.05) is 54.6 Å². The molecule has 544 valence electrons. The predicted octanol–water partition coefficient (Wildman–Crippen LogP) is 17.2. The minimum atomic E-state index is -4.80. The van der Waals surface area contributed by atoms with Gasteiger partial charge in [0.05, 0.1) is 45.6 Å². The molecule has 35 heteroatoms. The lowest BCUT2D eigenvalue weighted by molar-refractivity contribution is -0.274. The van der Waals surface area contributed by atoms with Crippen molar-refractivity contribution < 1.29 is 112 Å². The van der Waals surface area contributed by atoms with Crippen LogP contribution in [0.15, 0.2) is 182 Å². The molecule has 9 aromatic carbocycles. The largest absolute Gasteiger partial charge is 0.573 e. The van der Waals surface area contributed by atoms with Crippen LogP contribution in [0.4, 0.5) is 123 Å². The van der Waals surface area contributed by atoms with Gasteiger partial charge in [-0.1, -0.05) is 49.6 Å². The molecule has 24 nitrogen and oxygen atoms in total. The van der Waals surface area contributed by atoms with Crippen LogP contribution in [-0.4, -0.2) is 74.9 Å². The second kappa shape index (κ2) is 36.5. The molecule has 104 heavy (non-hydrogen) atoms. The first-order valence-corrected chi connectivity index (χ1v) is 30.1. The number of aromatic hydroxyl groups is 5. The third-order valence-electron chi connectivity index (χ3n) is 13.8.